The van der Waals surface area contributed by atoms with Gasteiger partial charge in [0.2, 0.25) is 5.88 Å². The fourth-order valence-corrected chi connectivity index (χ4v) is 1.16. The van der Waals surface area contributed by atoms with Gasteiger partial charge in [-0.25, -0.2) is 4.68 Å². The normalized spacial score (nSPS) is 10.5. The molecule has 0 saturated carbocycles. The van der Waals surface area contributed by atoms with Gasteiger partial charge in [0.05, 0.1) is 12.3 Å². The maximum Gasteiger partial charge on any atom is 0.236 e. The zero-order valence-corrected chi connectivity index (χ0v) is 8.91. The molecule has 1 heterocycles. The van der Waals surface area contributed by atoms with Crippen LogP contribution in [0.4, 0.5) is 5.69 Å². The molecule has 0 aliphatic rings. The van der Waals surface area contributed by atoms with Crippen molar-refractivity contribution in [1.29, 1.82) is 0 Å². The topological polar surface area (TPSA) is 62.3 Å². The van der Waals surface area contributed by atoms with Gasteiger partial charge < -0.3 is 15.2 Å². The molecule has 5 heteroatoms. The van der Waals surface area contributed by atoms with Gasteiger partial charge in [-0.2, -0.15) is 5.10 Å². The van der Waals surface area contributed by atoms with Crippen molar-refractivity contribution in [2.45, 2.75) is 20.4 Å². The standard InChI is InChI=1S/C9H17N3O2/c1-4-12-9(14-6-5-13-3)8(10)7(2)11-12/h4-6,10H2,1-3H3. The van der Waals surface area contributed by atoms with E-state index in [0.717, 1.165) is 12.2 Å². The van der Waals surface area contributed by atoms with Crippen molar-refractivity contribution in [3.63, 3.8) is 0 Å². The molecule has 0 spiro atoms. The minimum atomic E-state index is 0.492. The average Bonchev–Trinajstić information content (AvgIpc) is 2.45. The van der Waals surface area contributed by atoms with E-state index < -0.39 is 0 Å². The third-order valence-electron chi connectivity index (χ3n) is 1.95. The molecule has 0 bridgehead atoms. The molecule has 1 aromatic rings. The zero-order valence-electron chi connectivity index (χ0n) is 8.91. The van der Waals surface area contributed by atoms with Gasteiger partial charge >= 0.3 is 0 Å². The second kappa shape index (κ2) is 4.85. The van der Waals surface area contributed by atoms with E-state index in [4.69, 9.17) is 15.2 Å². The lowest BCUT2D eigenvalue weighted by Gasteiger charge is -2.07. The lowest BCUT2D eigenvalue weighted by Crippen LogP contribution is -2.09. The maximum atomic E-state index is 5.81. The van der Waals surface area contributed by atoms with Gasteiger partial charge in [-0.05, 0) is 13.8 Å². The molecule has 0 radical (unpaired) electrons. The molecule has 0 amide bonds. The number of hydrogen-bond acceptors (Lipinski definition) is 4. The third-order valence-corrected chi connectivity index (χ3v) is 1.95. The number of aromatic nitrogens is 2. The molecule has 0 aliphatic heterocycles. The molecule has 1 rings (SSSR count). The number of nitrogens with zero attached hydrogens (tertiary/aromatic N) is 2. The number of rotatable bonds is 5. The van der Waals surface area contributed by atoms with Gasteiger partial charge in [-0.1, -0.05) is 0 Å². The molecule has 0 aliphatic carbocycles. The quantitative estimate of drug-likeness (QED) is 0.713. The number of hydrogen-bond donors (Lipinski definition) is 1. The van der Waals surface area contributed by atoms with E-state index in [1.54, 1.807) is 11.8 Å². The Kier molecular flexibility index (Phi) is 3.76. The number of nitrogen functional groups attached to an aromatic ring is 1. The minimum absolute atomic E-state index is 0.492. The molecule has 0 fully saturated rings. The van der Waals surface area contributed by atoms with Crippen LogP contribution in [0.3, 0.4) is 0 Å². The molecule has 80 valence electrons. The van der Waals surface area contributed by atoms with E-state index in [1.807, 2.05) is 13.8 Å². The summed E-state index contributed by atoms with van der Waals surface area (Å²) in [5.74, 6) is 0.641. The Morgan fingerprint density at radius 3 is 2.71 bits per heavy atom. The molecule has 0 unspecified atom stereocenters. The summed E-state index contributed by atoms with van der Waals surface area (Å²) in [6.07, 6.45) is 0. The first-order valence-electron chi connectivity index (χ1n) is 4.65. The summed E-state index contributed by atoms with van der Waals surface area (Å²) in [6, 6.07) is 0. The van der Waals surface area contributed by atoms with Crippen molar-refractivity contribution in [1.82, 2.24) is 9.78 Å². The van der Waals surface area contributed by atoms with Crippen LogP contribution in [0, 0.1) is 6.92 Å². The Morgan fingerprint density at radius 2 is 2.14 bits per heavy atom. The average molecular weight is 199 g/mol. The van der Waals surface area contributed by atoms with Crippen LogP contribution in [0.25, 0.3) is 0 Å². The molecule has 1 aromatic heterocycles. The van der Waals surface area contributed by atoms with Crippen molar-refractivity contribution in [3.8, 4) is 5.88 Å². The Bertz CT molecular complexity index is 296. The van der Waals surface area contributed by atoms with Gasteiger partial charge in [-0.15, -0.1) is 0 Å². The van der Waals surface area contributed by atoms with Crippen LogP contribution in [-0.2, 0) is 11.3 Å². The molecular formula is C9H17N3O2. The van der Waals surface area contributed by atoms with Crippen molar-refractivity contribution in [2.75, 3.05) is 26.1 Å². The minimum Gasteiger partial charge on any atom is -0.474 e. The number of ether oxygens (including phenoxy) is 2. The van der Waals surface area contributed by atoms with Crippen molar-refractivity contribution < 1.29 is 9.47 Å². The highest BCUT2D eigenvalue weighted by Gasteiger charge is 2.12. The summed E-state index contributed by atoms with van der Waals surface area (Å²) in [7, 11) is 1.63. The SMILES string of the molecule is CCn1nc(C)c(N)c1OCCOC. The Morgan fingerprint density at radius 1 is 1.43 bits per heavy atom. The van der Waals surface area contributed by atoms with E-state index in [9.17, 15) is 0 Å². The van der Waals surface area contributed by atoms with Crippen LogP contribution in [0.15, 0.2) is 0 Å². The van der Waals surface area contributed by atoms with Crippen LogP contribution < -0.4 is 10.5 Å². The van der Waals surface area contributed by atoms with Gasteiger partial charge in [0, 0.05) is 13.7 Å². The number of nitrogens with two attached hydrogens (primary N) is 1. The van der Waals surface area contributed by atoms with Crippen molar-refractivity contribution >= 4 is 5.69 Å². The summed E-state index contributed by atoms with van der Waals surface area (Å²) in [5.41, 5.74) is 7.23. The van der Waals surface area contributed by atoms with Crippen molar-refractivity contribution in [2.24, 2.45) is 0 Å². The van der Waals surface area contributed by atoms with Crippen LogP contribution >= 0.6 is 0 Å². The Balaban J connectivity index is 2.72. The first-order chi connectivity index (χ1) is 6.70. The highest BCUT2D eigenvalue weighted by atomic mass is 16.5. The first kappa shape index (κ1) is 10.8. The van der Waals surface area contributed by atoms with E-state index in [1.165, 1.54) is 0 Å². The van der Waals surface area contributed by atoms with Gasteiger partial charge in [0.25, 0.3) is 0 Å². The molecule has 0 saturated heterocycles. The zero-order chi connectivity index (χ0) is 10.6. The summed E-state index contributed by atoms with van der Waals surface area (Å²) in [6.45, 7) is 5.65. The maximum absolute atomic E-state index is 5.81. The molecular weight excluding hydrogens is 182 g/mol. The van der Waals surface area contributed by atoms with Gasteiger partial charge in [-0.3, -0.25) is 0 Å². The monoisotopic (exact) mass is 199 g/mol. The second-order valence-electron chi connectivity index (χ2n) is 2.96. The number of methoxy groups -OCH3 is 1. The fraction of sp³-hybridized carbons (Fsp3) is 0.667. The lowest BCUT2D eigenvalue weighted by molar-refractivity contribution is 0.140. The number of anilines is 1. The molecule has 0 atom stereocenters. The third kappa shape index (κ3) is 2.17. The molecule has 2 N–H and O–H groups in total. The summed E-state index contributed by atoms with van der Waals surface area (Å²) in [5, 5.41) is 4.23. The fourth-order valence-electron chi connectivity index (χ4n) is 1.16. The molecule has 5 nitrogen and oxygen atoms in total. The highest BCUT2D eigenvalue weighted by molar-refractivity contribution is 5.52. The predicted molar refractivity (Wildman–Crippen MR) is 54.4 cm³/mol. The largest absolute Gasteiger partial charge is 0.474 e. The lowest BCUT2D eigenvalue weighted by atomic mass is 10.4. The first-order valence-corrected chi connectivity index (χ1v) is 4.65. The Labute approximate surface area is 83.8 Å². The summed E-state index contributed by atoms with van der Waals surface area (Å²) in [4.78, 5) is 0. The summed E-state index contributed by atoms with van der Waals surface area (Å²) >= 11 is 0. The van der Waals surface area contributed by atoms with E-state index in [2.05, 4.69) is 5.10 Å². The van der Waals surface area contributed by atoms with E-state index in [0.29, 0.717) is 24.8 Å². The van der Waals surface area contributed by atoms with Crippen molar-refractivity contribution in [3.05, 3.63) is 5.69 Å². The van der Waals surface area contributed by atoms with E-state index >= 15 is 0 Å². The van der Waals surface area contributed by atoms with E-state index in [-0.39, 0.29) is 0 Å². The number of aryl methyl sites for hydroxylation is 2. The van der Waals surface area contributed by atoms with Crippen LogP contribution in [0.2, 0.25) is 0 Å². The molecule has 0 aromatic carbocycles. The summed E-state index contributed by atoms with van der Waals surface area (Å²) < 4.78 is 12.1. The van der Waals surface area contributed by atoms with Crippen LogP contribution in [-0.4, -0.2) is 30.1 Å². The van der Waals surface area contributed by atoms with Gasteiger partial charge in [0.1, 0.15) is 12.3 Å². The predicted octanol–water partition coefficient (Wildman–Crippen LogP) is 0.819. The Hall–Kier alpha value is -1.23. The van der Waals surface area contributed by atoms with Crippen LogP contribution in [0.5, 0.6) is 5.88 Å². The van der Waals surface area contributed by atoms with Gasteiger partial charge in [0.15, 0.2) is 0 Å². The second-order valence-corrected chi connectivity index (χ2v) is 2.96. The van der Waals surface area contributed by atoms with Crippen LogP contribution in [0.1, 0.15) is 12.6 Å². The molecule has 14 heavy (non-hydrogen) atoms. The highest BCUT2D eigenvalue weighted by Crippen LogP contribution is 2.24. The smallest absolute Gasteiger partial charge is 0.236 e.